The summed E-state index contributed by atoms with van der Waals surface area (Å²) >= 11 is 5.64. The number of amides is 1. The summed E-state index contributed by atoms with van der Waals surface area (Å²) in [6, 6.07) is 3.53. The first-order valence-electron chi connectivity index (χ1n) is 5.19. The van der Waals surface area contributed by atoms with E-state index in [0.717, 1.165) is 0 Å². The lowest BCUT2D eigenvalue weighted by Crippen LogP contribution is -2.41. The maximum Gasteiger partial charge on any atom is 0.326 e. The monoisotopic (exact) mass is 272 g/mol. The number of hydrogen-bond donors (Lipinski definition) is 2. The van der Waals surface area contributed by atoms with E-state index < -0.39 is 17.9 Å². The van der Waals surface area contributed by atoms with Crippen molar-refractivity contribution in [1.82, 2.24) is 10.3 Å². The molecule has 0 saturated heterocycles. The summed E-state index contributed by atoms with van der Waals surface area (Å²) in [4.78, 5) is 26.5. The van der Waals surface area contributed by atoms with Crippen molar-refractivity contribution >= 4 is 23.5 Å². The number of hydrogen-bond acceptors (Lipinski definition) is 4. The SMILES string of the molecule is COCCC(NC(=O)c1cccc(Cl)n1)C(=O)O. The molecule has 1 heterocycles. The van der Waals surface area contributed by atoms with Gasteiger partial charge in [-0.15, -0.1) is 0 Å². The van der Waals surface area contributed by atoms with Gasteiger partial charge in [-0.05, 0) is 12.1 Å². The van der Waals surface area contributed by atoms with Crippen molar-refractivity contribution in [1.29, 1.82) is 0 Å². The zero-order chi connectivity index (χ0) is 13.5. The van der Waals surface area contributed by atoms with Gasteiger partial charge in [0.15, 0.2) is 0 Å². The molecule has 0 aliphatic rings. The second-order valence-corrected chi connectivity index (χ2v) is 3.88. The van der Waals surface area contributed by atoms with Crippen molar-refractivity contribution in [3.8, 4) is 0 Å². The Bertz CT molecular complexity index is 439. The number of pyridine rings is 1. The Kier molecular flexibility index (Phi) is 5.54. The minimum absolute atomic E-state index is 0.0752. The Morgan fingerprint density at radius 2 is 2.28 bits per heavy atom. The van der Waals surface area contributed by atoms with E-state index >= 15 is 0 Å². The molecule has 0 spiro atoms. The molecule has 0 fully saturated rings. The number of rotatable bonds is 6. The molecule has 1 amide bonds. The van der Waals surface area contributed by atoms with Crippen molar-refractivity contribution in [3.05, 3.63) is 29.0 Å². The Hall–Kier alpha value is -1.66. The van der Waals surface area contributed by atoms with Crippen LogP contribution in [0.3, 0.4) is 0 Å². The quantitative estimate of drug-likeness (QED) is 0.753. The molecule has 6 nitrogen and oxygen atoms in total. The van der Waals surface area contributed by atoms with Crippen LogP contribution in [-0.4, -0.2) is 41.7 Å². The normalized spacial score (nSPS) is 11.9. The van der Waals surface area contributed by atoms with Gasteiger partial charge in [0.1, 0.15) is 16.9 Å². The van der Waals surface area contributed by atoms with E-state index in [1.807, 2.05) is 0 Å². The molecule has 1 rings (SSSR count). The van der Waals surface area contributed by atoms with Crippen molar-refractivity contribution in [2.24, 2.45) is 0 Å². The zero-order valence-electron chi connectivity index (χ0n) is 9.72. The molecular weight excluding hydrogens is 260 g/mol. The lowest BCUT2D eigenvalue weighted by atomic mass is 10.2. The van der Waals surface area contributed by atoms with Gasteiger partial charge in [-0.1, -0.05) is 17.7 Å². The van der Waals surface area contributed by atoms with Crippen LogP contribution >= 0.6 is 11.6 Å². The number of halogens is 1. The highest BCUT2D eigenvalue weighted by Crippen LogP contribution is 2.05. The number of carboxylic acids is 1. The molecule has 0 bridgehead atoms. The molecule has 7 heteroatoms. The Balaban J connectivity index is 2.69. The third-order valence-corrected chi connectivity index (χ3v) is 2.37. The van der Waals surface area contributed by atoms with Crippen LogP contribution in [0.2, 0.25) is 5.15 Å². The van der Waals surface area contributed by atoms with Gasteiger partial charge in [0.2, 0.25) is 0 Å². The van der Waals surface area contributed by atoms with E-state index in [2.05, 4.69) is 10.3 Å². The van der Waals surface area contributed by atoms with E-state index in [1.54, 1.807) is 6.07 Å². The summed E-state index contributed by atoms with van der Waals surface area (Å²) in [5.41, 5.74) is 0.0752. The third kappa shape index (κ3) is 4.31. The number of ether oxygens (including phenoxy) is 1. The van der Waals surface area contributed by atoms with Crippen LogP contribution in [0.25, 0.3) is 0 Å². The number of methoxy groups -OCH3 is 1. The molecule has 1 unspecified atom stereocenters. The fraction of sp³-hybridized carbons (Fsp3) is 0.364. The minimum Gasteiger partial charge on any atom is -0.480 e. The number of nitrogens with zero attached hydrogens (tertiary/aromatic N) is 1. The molecule has 2 N–H and O–H groups in total. The highest BCUT2D eigenvalue weighted by atomic mass is 35.5. The van der Waals surface area contributed by atoms with Crippen LogP contribution < -0.4 is 5.32 Å². The van der Waals surface area contributed by atoms with Crippen LogP contribution in [0.15, 0.2) is 18.2 Å². The van der Waals surface area contributed by atoms with Gasteiger partial charge < -0.3 is 15.2 Å². The minimum atomic E-state index is -1.12. The van der Waals surface area contributed by atoms with E-state index in [-0.39, 0.29) is 23.9 Å². The molecule has 0 aromatic carbocycles. The van der Waals surface area contributed by atoms with Gasteiger partial charge in [0, 0.05) is 20.1 Å². The Morgan fingerprint density at radius 1 is 1.56 bits per heavy atom. The largest absolute Gasteiger partial charge is 0.480 e. The lowest BCUT2D eigenvalue weighted by Gasteiger charge is -2.13. The van der Waals surface area contributed by atoms with Crippen molar-refractivity contribution in [3.63, 3.8) is 0 Å². The summed E-state index contributed by atoms with van der Waals surface area (Å²) in [5.74, 6) is -1.71. The second-order valence-electron chi connectivity index (χ2n) is 3.49. The third-order valence-electron chi connectivity index (χ3n) is 2.16. The van der Waals surface area contributed by atoms with Crippen LogP contribution in [0.5, 0.6) is 0 Å². The number of aromatic nitrogens is 1. The smallest absolute Gasteiger partial charge is 0.326 e. The number of nitrogens with one attached hydrogen (secondary N) is 1. The average Bonchev–Trinajstić information content (AvgIpc) is 2.33. The van der Waals surface area contributed by atoms with Gasteiger partial charge in [-0.25, -0.2) is 9.78 Å². The van der Waals surface area contributed by atoms with Crippen molar-refractivity contribution in [2.45, 2.75) is 12.5 Å². The average molecular weight is 273 g/mol. The molecule has 1 atom stereocenters. The first kappa shape index (κ1) is 14.4. The van der Waals surface area contributed by atoms with Crippen LogP contribution in [0, 0.1) is 0 Å². The standard InChI is InChI=1S/C11H13ClN2O4/c1-18-6-5-8(11(16)17)14-10(15)7-3-2-4-9(12)13-7/h2-4,8H,5-6H2,1H3,(H,14,15)(H,16,17). The topological polar surface area (TPSA) is 88.5 Å². The highest BCUT2D eigenvalue weighted by Gasteiger charge is 2.20. The molecular formula is C11H13ClN2O4. The van der Waals surface area contributed by atoms with Crippen LogP contribution in [0.4, 0.5) is 0 Å². The van der Waals surface area contributed by atoms with E-state index in [9.17, 15) is 9.59 Å². The van der Waals surface area contributed by atoms with Crippen molar-refractivity contribution in [2.75, 3.05) is 13.7 Å². The number of aliphatic carboxylic acids is 1. The summed E-state index contributed by atoms with van der Waals surface area (Å²) in [7, 11) is 1.46. The van der Waals surface area contributed by atoms with Gasteiger partial charge >= 0.3 is 5.97 Å². The highest BCUT2D eigenvalue weighted by molar-refractivity contribution is 6.29. The first-order valence-corrected chi connectivity index (χ1v) is 5.57. The number of carbonyl (C=O) groups is 2. The molecule has 0 saturated carbocycles. The maximum atomic E-state index is 11.7. The first-order chi connectivity index (χ1) is 8.54. The fourth-order valence-electron chi connectivity index (χ4n) is 1.26. The fourth-order valence-corrected chi connectivity index (χ4v) is 1.42. The number of carboxylic acid groups (broad SMARTS) is 1. The summed E-state index contributed by atoms with van der Waals surface area (Å²) in [6.07, 6.45) is 0.179. The molecule has 0 radical (unpaired) electrons. The Morgan fingerprint density at radius 3 is 2.83 bits per heavy atom. The summed E-state index contributed by atoms with van der Waals surface area (Å²) in [6.45, 7) is 0.236. The van der Waals surface area contributed by atoms with Crippen molar-refractivity contribution < 1.29 is 19.4 Å². The molecule has 1 aromatic heterocycles. The van der Waals surface area contributed by atoms with E-state index in [4.69, 9.17) is 21.4 Å². The Labute approximate surface area is 109 Å². The van der Waals surface area contributed by atoms with Crippen LogP contribution in [-0.2, 0) is 9.53 Å². The molecule has 0 aliphatic carbocycles. The molecule has 1 aromatic rings. The van der Waals surface area contributed by atoms with Gasteiger partial charge in [0.05, 0.1) is 0 Å². The maximum absolute atomic E-state index is 11.7. The summed E-state index contributed by atoms with van der Waals surface area (Å²) < 4.78 is 4.78. The molecule has 0 aliphatic heterocycles. The molecule has 98 valence electrons. The second kappa shape index (κ2) is 6.93. The molecule has 18 heavy (non-hydrogen) atoms. The number of carbonyl (C=O) groups excluding carboxylic acids is 1. The van der Waals surface area contributed by atoms with Crippen LogP contribution in [0.1, 0.15) is 16.9 Å². The van der Waals surface area contributed by atoms with Gasteiger partial charge in [-0.2, -0.15) is 0 Å². The van der Waals surface area contributed by atoms with Gasteiger partial charge in [-0.3, -0.25) is 4.79 Å². The van der Waals surface area contributed by atoms with Gasteiger partial charge in [0.25, 0.3) is 5.91 Å². The lowest BCUT2D eigenvalue weighted by molar-refractivity contribution is -0.139. The zero-order valence-corrected chi connectivity index (χ0v) is 10.5. The van der Waals surface area contributed by atoms with E-state index in [1.165, 1.54) is 19.2 Å². The van der Waals surface area contributed by atoms with E-state index in [0.29, 0.717) is 0 Å². The predicted octanol–water partition coefficient (Wildman–Crippen LogP) is 0.955. The predicted molar refractivity (Wildman–Crippen MR) is 64.6 cm³/mol. The summed E-state index contributed by atoms with van der Waals surface area (Å²) in [5, 5.41) is 11.5.